The van der Waals surface area contributed by atoms with Gasteiger partial charge >= 0.3 is 7.12 Å². The molecule has 1 aromatic heterocycles. The number of nitrogens with zero attached hydrogens (tertiary/aromatic N) is 2. The number of rotatable bonds is 6. The van der Waals surface area contributed by atoms with Gasteiger partial charge in [0.05, 0.1) is 12.8 Å². The number of halogens is 1. The predicted molar refractivity (Wildman–Crippen MR) is 95.0 cm³/mol. The van der Waals surface area contributed by atoms with E-state index in [4.69, 9.17) is 16.3 Å². The van der Waals surface area contributed by atoms with Crippen molar-refractivity contribution in [1.29, 1.82) is 0 Å². The zero-order chi connectivity index (χ0) is 16.5. The summed E-state index contributed by atoms with van der Waals surface area (Å²) in [5.41, 5.74) is 2.61. The second kappa shape index (κ2) is 6.59. The number of hydrogen-bond donors (Lipinski definition) is 3. The van der Waals surface area contributed by atoms with Gasteiger partial charge in [-0.15, -0.1) is 0 Å². The first-order valence-electron chi connectivity index (χ1n) is 8.15. The fourth-order valence-corrected chi connectivity index (χ4v) is 2.95. The molecule has 8 heteroatoms. The normalized spacial score (nSPS) is 16.2. The summed E-state index contributed by atoms with van der Waals surface area (Å²) in [6.45, 7) is 1.27. The van der Waals surface area contributed by atoms with E-state index in [2.05, 4.69) is 20.6 Å². The average Bonchev–Trinajstić information content (AvgIpc) is 3.33. The molecule has 124 valence electrons. The third kappa shape index (κ3) is 3.48. The molecule has 3 N–H and O–H groups in total. The lowest BCUT2D eigenvalue weighted by molar-refractivity contribution is 0.275. The van der Waals surface area contributed by atoms with Crippen molar-refractivity contribution < 1.29 is 9.68 Å². The molecular weight excluding hydrogens is 326 g/mol. The van der Waals surface area contributed by atoms with Gasteiger partial charge in [0.15, 0.2) is 0 Å². The van der Waals surface area contributed by atoms with Crippen molar-refractivity contribution in [2.75, 3.05) is 17.2 Å². The average molecular weight is 345 g/mol. The van der Waals surface area contributed by atoms with Crippen LogP contribution in [-0.2, 0) is 11.3 Å². The summed E-state index contributed by atoms with van der Waals surface area (Å²) in [6, 6.07) is 5.65. The molecule has 4 rings (SSSR count). The molecule has 0 bridgehead atoms. The molecule has 0 amide bonds. The summed E-state index contributed by atoms with van der Waals surface area (Å²) in [4.78, 5) is 8.67. The van der Waals surface area contributed by atoms with Gasteiger partial charge < -0.3 is 20.3 Å². The number of benzene rings is 1. The molecule has 0 radical (unpaired) electrons. The molecule has 0 spiro atoms. The van der Waals surface area contributed by atoms with Gasteiger partial charge in [0, 0.05) is 12.2 Å². The Morgan fingerprint density at radius 2 is 2.25 bits per heavy atom. The van der Waals surface area contributed by atoms with Crippen LogP contribution in [0.2, 0.25) is 5.02 Å². The van der Waals surface area contributed by atoms with Crippen LogP contribution in [0.15, 0.2) is 24.4 Å². The van der Waals surface area contributed by atoms with Gasteiger partial charge in [0.25, 0.3) is 0 Å². The van der Waals surface area contributed by atoms with E-state index >= 15 is 0 Å². The standard InChI is InChI=1S/C16H18BClN4O2/c18-14-8-20-16(22-15(14)19-6-5-10-1-2-10)21-12-3-4-13-11(7-12)9-24-17(13)23/h3-4,7-8,10,23H,1-2,5-6,9H2,(H2,19,20,21,22). The lowest BCUT2D eigenvalue weighted by atomic mass is 9.79. The maximum absolute atomic E-state index is 9.66. The molecule has 0 saturated heterocycles. The van der Waals surface area contributed by atoms with E-state index in [0.29, 0.717) is 23.4 Å². The first-order chi connectivity index (χ1) is 11.7. The Balaban J connectivity index is 1.45. The molecule has 2 aromatic rings. The van der Waals surface area contributed by atoms with E-state index in [-0.39, 0.29) is 0 Å². The van der Waals surface area contributed by atoms with Crippen LogP contribution in [0.4, 0.5) is 17.5 Å². The van der Waals surface area contributed by atoms with E-state index in [1.54, 1.807) is 6.20 Å². The fourth-order valence-electron chi connectivity index (χ4n) is 2.79. The molecule has 0 atom stereocenters. The zero-order valence-corrected chi connectivity index (χ0v) is 13.9. The Kier molecular flexibility index (Phi) is 4.31. The van der Waals surface area contributed by atoms with Gasteiger partial charge in [-0.2, -0.15) is 4.98 Å². The smallest absolute Gasteiger partial charge is 0.423 e. The lowest BCUT2D eigenvalue weighted by Crippen LogP contribution is -2.27. The predicted octanol–water partition coefficient (Wildman–Crippen LogP) is 2.30. The number of hydrogen-bond acceptors (Lipinski definition) is 6. The summed E-state index contributed by atoms with van der Waals surface area (Å²) in [7, 11) is -0.830. The molecule has 1 aliphatic carbocycles. The van der Waals surface area contributed by atoms with Crippen LogP contribution >= 0.6 is 11.6 Å². The van der Waals surface area contributed by atoms with E-state index < -0.39 is 7.12 Å². The lowest BCUT2D eigenvalue weighted by Gasteiger charge is -2.10. The van der Waals surface area contributed by atoms with Gasteiger partial charge in [-0.3, -0.25) is 0 Å². The minimum atomic E-state index is -0.830. The molecule has 6 nitrogen and oxygen atoms in total. The minimum absolute atomic E-state index is 0.404. The van der Waals surface area contributed by atoms with E-state index in [1.807, 2.05) is 18.2 Å². The summed E-state index contributed by atoms with van der Waals surface area (Å²) >= 11 is 6.16. The third-order valence-corrected chi connectivity index (χ3v) is 4.62. The van der Waals surface area contributed by atoms with Crippen molar-refractivity contribution in [3.8, 4) is 0 Å². The first kappa shape index (κ1) is 15.7. The monoisotopic (exact) mass is 344 g/mol. The van der Waals surface area contributed by atoms with Crippen LogP contribution in [0.25, 0.3) is 0 Å². The second-order valence-electron chi connectivity index (χ2n) is 6.25. The van der Waals surface area contributed by atoms with Crippen LogP contribution in [0.1, 0.15) is 24.8 Å². The van der Waals surface area contributed by atoms with E-state index in [0.717, 1.165) is 35.6 Å². The van der Waals surface area contributed by atoms with E-state index in [1.165, 1.54) is 12.8 Å². The molecule has 0 unspecified atom stereocenters. The minimum Gasteiger partial charge on any atom is -0.423 e. The fraction of sp³-hybridized carbons (Fsp3) is 0.375. The largest absolute Gasteiger partial charge is 0.491 e. The quantitative estimate of drug-likeness (QED) is 0.698. The highest BCUT2D eigenvalue weighted by molar-refractivity contribution is 6.61. The number of anilines is 3. The van der Waals surface area contributed by atoms with Crippen molar-refractivity contribution in [2.45, 2.75) is 25.9 Å². The zero-order valence-electron chi connectivity index (χ0n) is 13.1. The molecule has 24 heavy (non-hydrogen) atoms. The number of nitrogens with one attached hydrogen (secondary N) is 2. The molecular formula is C16H18BClN4O2. The summed E-state index contributed by atoms with van der Waals surface area (Å²) in [5, 5.41) is 16.6. The molecule has 1 saturated carbocycles. The Hall–Kier alpha value is -1.83. The van der Waals surface area contributed by atoms with E-state index in [9.17, 15) is 5.02 Å². The van der Waals surface area contributed by atoms with Crippen molar-refractivity contribution in [3.05, 3.63) is 35.0 Å². The highest BCUT2D eigenvalue weighted by Crippen LogP contribution is 2.32. The van der Waals surface area contributed by atoms with Gasteiger partial charge in [-0.1, -0.05) is 30.5 Å². The molecule has 1 aliphatic heterocycles. The summed E-state index contributed by atoms with van der Waals surface area (Å²) < 4.78 is 5.20. The van der Waals surface area contributed by atoms with Crippen LogP contribution in [0, 0.1) is 5.92 Å². The topological polar surface area (TPSA) is 79.3 Å². The van der Waals surface area contributed by atoms with Gasteiger partial charge in [0.1, 0.15) is 10.8 Å². The van der Waals surface area contributed by atoms with Crippen LogP contribution in [0.5, 0.6) is 0 Å². The summed E-state index contributed by atoms with van der Waals surface area (Å²) in [6.07, 6.45) is 5.41. The Labute approximate surface area is 145 Å². The highest BCUT2D eigenvalue weighted by atomic mass is 35.5. The molecule has 2 aliphatic rings. The van der Waals surface area contributed by atoms with Gasteiger partial charge in [-0.05, 0) is 35.5 Å². The Bertz CT molecular complexity index is 757. The van der Waals surface area contributed by atoms with Crippen LogP contribution in [-0.4, -0.2) is 28.7 Å². The van der Waals surface area contributed by atoms with Gasteiger partial charge in [-0.25, -0.2) is 4.98 Å². The van der Waals surface area contributed by atoms with Crippen molar-refractivity contribution in [3.63, 3.8) is 0 Å². The maximum atomic E-state index is 9.66. The summed E-state index contributed by atoms with van der Waals surface area (Å²) in [5.74, 6) is 1.99. The second-order valence-corrected chi connectivity index (χ2v) is 6.66. The molecule has 1 fully saturated rings. The van der Waals surface area contributed by atoms with Crippen LogP contribution in [0.3, 0.4) is 0 Å². The Morgan fingerprint density at radius 1 is 1.38 bits per heavy atom. The SMILES string of the molecule is OB1OCc2cc(Nc3ncc(Cl)c(NCCC4CC4)n3)ccc21. The van der Waals surface area contributed by atoms with Crippen molar-refractivity contribution >= 4 is 41.6 Å². The number of aromatic nitrogens is 2. The maximum Gasteiger partial charge on any atom is 0.491 e. The van der Waals surface area contributed by atoms with Gasteiger partial charge in [0.2, 0.25) is 5.95 Å². The molecule has 1 aromatic carbocycles. The first-order valence-corrected chi connectivity index (χ1v) is 8.53. The highest BCUT2D eigenvalue weighted by Gasteiger charge is 2.27. The van der Waals surface area contributed by atoms with Crippen molar-refractivity contribution in [2.24, 2.45) is 5.92 Å². The Morgan fingerprint density at radius 3 is 3.08 bits per heavy atom. The van der Waals surface area contributed by atoms with Crippen molar-refractivity contribution in [1.82, 2.24) is 9.97 Å². The number of fused-ring (bicyclic) bond motifs is 1. The van der Waals surface area contributed by atoms with Crippen LogP contribution < -0.4 is 16.1 Å². The third-order valence-electron chi connectivity index (χ3n) is 4.35. The molecule has 2 heterocycles.